The molecule has 0 aromatic heterocycles. The van der Waals surface area contributed by atoms with Gasteiger partial charge in [0.1, 0.15) is 29.9 Å². The lowest BCUT2D eigenvalue weighted by atomic mass is 10.1. The van der Waals surface area contributed by atoms with Gasteiger partial charge in [0.25, 0.3) is 0 Å². The molecule has 1 aliphatic rings. The van der Waals surface area contributed by atoms with Gasteiger partial charge in [-0.1, -0.05) is 12.1 Å². The summed E-state index contributed by atoms with van der Waals surface area (Å²) in [6, 6.07) is 15.6. The van der Waals surface area contributed by atoms with Gasteiger partial charge >= 0.3 is 0 Å². The molecule has 0 radical (unpaired) electrons. The molecule has 1 saturated heterocycles. The van der Waals surface area contributed by atoms with Crippen LogP contribution in [-0.4, -0.2) is 37.4 Å². The molecule has 2 aromatic rings. The van der Waals surface area contributed by atoms with Crippen LogP contribution in [0.5, 0.6) is 11.5 Å². The van der Waals surface area contributed by atoms with E-state index in [2.05, 4.69) is 10.2 Å². The minimum Gasteiger partial charge on any atom is -0.490 e. The first-order valence-electron chi connectivity index (χ1n) is 10.4. The van der Waals surface area contributed by atoms with Gasteiger partial charge in [0.2, 0.25) is 5.91 Å². The Morgan fingerprint density at radius 3 is 2.40 bits per heavy atom. The van der Waals surface area contributed by atoms with E-state index in [9.17, 15) is 9.18 Å². The number of amides is 1. The van der Waals surface area contributed by atoms with Crippen molar-refractivity contribution >= 4 is 11.6 Å². The Balaban J connectivity index is 1.51. The molecule has 30 heavy (non-hydrogen) atoms. The molecule has 1 N–H and O–H groups in total. The Kier molecular flexibility index (Phi) is 6.85. The highest BCUT2D eigenvalue weighted by Gasteiger charge is 2.24. The number of rotatable bonds is 8. The highest BCUT2D eigenvalue weighted by atomic mass is 19.1. The van der Waals surface area contributed by atoms with E-state index >= 15 is 0 Å². The fraction of sp³-hybridized carbons (Fsp3) is 0.458. The number of carbonyl (C=O) groups excluding carboxylic acids is 1. The first kappa shape index (κ1) is 21.9. The molecule has 1 fully saturated rings. The molecule has 3 rings (SSSR count). The number of nitrogens with one attached hydrogen (secondary N) is 1. The van der Waals surface area contributed by atoms with E-state index in [0.717, 1.165) is 36.5 Å². The van der Waals surface area contributed by atoms with Gasteiger partial charge in [-0.15, -0.1) is 0 Å². The molecular weight excluding hydrogens is 383 g/mol. The monoisotopic (exact) mass is 414 g/mol. The van der Waals surface area contributed by atoms with E-state index in [4.69, 9.17) is 9.47 Å². The lowest BCUT2D eigenvalue weighted by molar-refractivity contribution is -0.119. The number of nitrogens with zero attached hydrogens (tertiary/aromatic N) is 1. The Bertz CT molecular complexity index is 831. The van der Waals surface area contributed by atoms with Gasteiger partial charge in [0.15, 0.2) is 0 Å². The van der Waals surface area contributed by atoms with Crippen LogP contribution in [0.4, 0.5) is 10.1 Å². The number of hydrogen-bond acceptors (Lipinski definition) is 4. The zero-order valence-corrected chi connectivity index (χ0v) is 18.2. The van der Waals surface area contributed by atoms with Crippen molar-refractivity contribution in [2.24, 2.45) is 0 Å². The van der Waals surface area contributed by atoms with Crippen LogP contribution in [0.25, 0.3) is 0 Å². The summed E-state index contributed by atoms with van der Waals surface area (Å²) in [7, 11) is 0. The molecule has 5 nitrogen and oxygen atoms in total. The molecule has 0 aliphatic carbocycles. The average molecular weight is 415 g/mol. The highest BCUT2D eigenvalue weighted by molar-refractivity contribution is 5.73. The third-order valence-corrected chi connectivity index (χ3v) is 5.03. The molecule has 2 atom stereocenters. The van der Waals surface area contributed by atoms with E-state index < -0.39 is 5.67 Å². The molecule has 6 heteroatoms. The summed E-state index contributed by atoms with van der Waals surface area (Å²) in [5.41, 5.74) is 0.801. The third-order valence-electron chi connectivity index (χ3n) is 5.03. The van der Waals surface area contributed by atoms with Crippen molar-refractivity contribution in [3.8, 4) is 11.5 Å². The smallest absolute Gasteiger partial charge is 0.217 e. The molecule has 162 valence electrons. The number of ether oxygens (including phenoxy) is 2. The molecule has 0 unspecified atom stereocenters. The Morgan fingerprint density at radius 2 is 1.80 bits per heavy atom. The molecule has 0 spiro atoms. The number of benzene rings is 2. The van der Waals surface area contributed by atoms with Gasteiger partial charge in [-0.2, -0.15) is 0 Å². The Labute approximate surface area is 178 Å². The summed E-state index contributed by atoms with van der Waals surface area (Å²) in [5, 5.41) is 2.88. The zero-order chi connectivity index (χ0) is 21.7. The fourth-order valence-electron chi connectivity index (χ4n) is 3.48. The number of anilines is 1. The minimum atomic E-state index is -1.35. The molecule has 0 bridgehead atoms. The first-order valence-corrected chi connectivity index (χ1v) is 10.4. The molecule has 1 heterocycles. The normalized spacial score (nSPS) is 17.5. The maximum Gasteiger partial charge on any atom is 0.217 e. The van der Waals surface area contributed by atoms with E-state index in [1.54, 1.807) is 0 Å². The fourth-order valence-corrected chi connectivity index (χ4v) is 3.48. The predicted octanol–water partition coefficient (Wildman–Crippen LogP) is 4.67. The van der Waals surface area contributed by atoms with Gasteiger partial charge in [0.05, 0.1) is 12.6 Å². The van der Waals surface area contributed by atoms with Crippen molar-refractivity contribution in [1.29, 1.82) is 0 Å². The van der Waals surface area contributed by atoms with Gasteiger partial charge in [0, 0.05) is 25.6 Å². The topological polar surface area (TPSA) is 50.8 Å². The quantitative estimate of drug-likeness (QED) is 0.682. The predicted molar refractivity (Wildman–Crippen MR) is 117 cm³/mol. The van der Waals surface area contributed by atoms with Crippen molar-refractivity contribution < 1.29 is 18.7 Å². The maximum absolute atomic E-state index is 13.6. The van der Waals surface area contributed by atoms with Crippen molar-refractivity contribution in [3.63, 3.8) is 0 Å². The minimum absolute atomic E-state index is 0.0264. The van der Waals surface area contributed by atoms with Crippen LogP contribution < -0.4 is 19.7 Å². The van der Waals surface area contributed by atoms with E-state index in [-0.39, 0.29) is 24.7 Å². The number of alkyl halides is 1. The van der Waals surface area contributed by atoms with Gasteiger partial charge in [-0.3, -0.25) is 4.79 Å². The summed E-state index contributed by atoms with van der Waals surface area (Å²) >= 11 is 0. The van der Waals surface area contributed by atoms with Crippen molar-refractivity contribution in [3.05, 3.63) is 54.1 Å². The van der Waals surface area contributed by atoms with Gasteiger partial charge in [-0.25, -0.2) is 4.39 Å². The third kappa shape index (κ3) is 6.37. The number of carbonyl (C=O) groups is 1. The van der Waals surface area contributed by atoms with Crippen molar-refractivity contribution in [2.45, 2.75) is 51.9 Å². The van der Waals surface area contributed by atoms with Crippen LogP contribution in [0.2, 0.25) is 0 Å². The molecular formula is C24H31FN2O3. The summed E-state index contributed by atoms with van der Waals surface area (Å²) in [6.07, 6.45) is 1.06. The van der Waals surface area contributed by atoms with Gasteiger partial charge in [-0.05, 0) is 62.7 Å². The van der Waals surface area contributed by atoms with Crippen LogP contribution >= 0.6 is 0 Å². The summed E-state index contributed by atoms with van der Waals surface area (Å²) in [4.78, 5) is 13.5. The van der Waals surface area contributed by atoms with E-state index in [1.165, 1.54) is 20.8 Å². The van der Waals surface area contributed by atoms with Gasteiger partial charge < -0.3 is 19.7 Å². The van der Waals surface area contributed by atoms with Crippen LogP contribution in [0, 0.1) is 0 Å². The maximum atomic E-state index is 13.6. The van der Waals surface area contributed by atoms with Crippen LogP contribution in [-0.2, 0) is 4.79 Å². The molecule has 1 amide bonds. The SMILES string of the molecule is CC(=O)N[C@@H](C)c1ccc(O[C@@H]2CCN(c3ccc(OCC(C)(C)F)cc3)C2)cc1. The second-order valence-corrected chi connectivity index (χ2v) is 8.47. The summed E-state index contributed by atoms with van der Waals surface area (Å²) in [5.74, 6) is 1.46. The molecule has 1 aliphatic heterocycles. The molecule has 2 aromatic carbocycles. The average Bonchev–Trinajstić information content (AvgIpc) is 3.15. The van der Waals surface area contributed by atoms with Crippen LogP contribution in [0.1, 0.15) is 45.7 Å². The van der Waals surface area contributed by atoms with E-state index in [1.807, 2.05) is 55.5 Å². The number of halogens is 1. The Morgan fingerprint density at radius 1 is 1.17 bits per heavy atom. The van der Waals surface area contributed by atoms with Crippen LogP contribution in [0.15, 0.2) is 48.5 Å². The zero-order valence-electron chi connectivity index (χ0n) is 18.2. The largest absolute Gasteiger partial charge is 0.490 e. The molecule has 0 saturated carbocycles. The lowest BCUT2D eigenvalue weighted by Crippen LogP contribution is -2.25. The first-order chi connectivity index (χ1) is 14.2. The summed E-state index contributed by atoms with van der Waals surface area (Å²) in [6.45, 7) is 8.24. The van der Waals surface area contributed by atoms with Crippen LogP contribution in [0.3, 0.4) is 0 Å². The summed E-state index contributed by atoms with van der Waals surface area (Å²) < 4.78 is 25.2. The highest BCUT2D eigenvalue weighted by Crippen LogP contribution is 2.26. The second-order valence-electron chi connectivity index (χ2n) is 8.47. The lowest BCUT2D eigenvalue weighted by Gasteiger charge is -2.20. The standard InChI is InChI=1S/C24H31FN2O3/c1-17(26-18(2)28)19-5-9-22(10-6-19)30-23-13-14-27(15-23)20-7-11-21(12-8-20)29-16-24(3,4)25/h5-12,17,23H,13-16H2,1-4H3,(H,26,28)/t17-,23+/m0/s1. The van der Waals surface area contributed by atoms with Crippen molar-refractivity contribution in [2.75, 3.05) is 24.6 Å². The Hall–Kier alpha value is -2.76. The van der Waals surface area contributed by atoms with E-state index in [0.29, 0.717) is 5.75 Å². The second kappa shape index (κ2) is 9.37. The van der Waals surface area contributed by atoms with Crippen molar-refractivity contribution in [1.82, 2.24) is 5.32 Å². The number of hydrogen-bond donors (Lipinski definition) is 1.